The second-order valence-corrected chi connectivity index (χ2v) is 6.93. The maximum Gasteiger partial charge on any atom is 0.255 e. The Bertz CT molecular complexity index is 531. The summed E-state index contributed by atoms with van der Waals surface area (Å²) in [5, 5.41) is 4.00. The summed E-state index contributed by atoms with van der Waals surface area (Å²) in [7, 11) is 0. The second kappa shape index (κ2) is 7.20. The number of hydrogen-bond donors (Lipinski definition) is 1. The van der Waals surface area contributed by atoms with E-state index in [1.54, 1.807) is 0 Å². The van der Waals surface area contributed by atoms with E-state index in [1.807, 2.05) is 30.0 Å². The van der Waals surface area contributed by atoms with Crippen molar-refractivity contribution in [3.63, 3.8) is 0 Å². The van der Waals surface area contributed by atoms with Crippen LogP contribution < -0.4 is 5.32 Å². The molecule has 1 N–H and O–H groups in total. The van der Waals surface area contributed by atoms with E-state index in [4.69, 9.17) is 11.6 Å². The molecule has 0 aromatic heterocycles. The molecule has 2 saturated heterocycles. The van der Waals surface area contributed by atoms with E-state index < -0.39 is 0 Å². The van der Waals surface area contributed by atoms with Gasteiger partial charge in [-0.1, -0.05) is 17.7 Å². The number of benzene rings is 1. The summed E-state index contributed by atoms with van der Waals surface area (Å²) >= 11 is 6.23. The molecule has 0 aliphatic carbocycles. The van der Waals surface area contributed by atoms with E-state index in [0.29, 0.717) is 16.0 Å². The molecule has 1 spiro atoms. The molecule has 0 saturated carbocycles. The number of rotatable bonds is 1. The van der Waals surface area contributed by atoms with E-state index in [0.717, 1.165) is 44.6 Å². The Kier molecular flexibility index (Phi) is 5.76. The zero-order valence-electron chi connectivity index (χ0n) is 13.0. The minimum absolute atomic E-state index is 0. The third-order valence-corrected chi connectivity index (χ3v) is 5.44. The number of aryl methyl sites for hydroxylation is 1. The predicted molar refractivity (Wildman–Crippen MR) is 93.1 cm³/mol. The normalized spacial score (nSPS) is 20.5. The SMILES string of the molecule is Cc1ccc(C(=O)N2CCC3(CCNCC3)CC2)c(Cl)c1.Cl. The lowest BCUT2D eigenvalue weighted by atomic mass is 9.71. The maximum absolute atomic E-state index is 12.6. The van der Waals surface area contributed by atoms with Crippen molar-refractivity contribution in [1.29, 1.82) is 0 Å². The van der Waals surface area contributed by atoms with Gasteiger partial charge in [0.05, 0.1) is 10.6 Å². The predicted octanol–water partition coefficient (Wildman–Crippen LogP) is 3.68. The van der Waals surface area contributed by atoms with Crippen molar-refractivity contribution in [2.24, 2.45) is 5.41 Å². The van der Waals surface area contributed by atoms with E-state index in [-0.39, 0.29) is 18.3 Å². The molecule has 3 nitrogen and oxygen atoms in total. The van der Waals surface area contributed by atoms with Crippen molar-refractivity contribution in [1.82, 2.24) is 10.2 Å². The summed E-state index contributed by atoms with van der Waals surface area (Å²) in [4.78, 5) is 14.6. The van der Waals surface area contributed by atoms with Crippen molar-refractivity contribution in [3.05, 3.63) is 34.3 Å². The van der Waals surface area contributed by atoms with Crippen molar-refractivity contribution < 1.29 is 4.79 Å². The first kappa shape index (κ1) is 17.6. The Morgan fingerprint density at radius 1 is 1.18 bits per heavy atom. The van der Waals surface area contributed by atoms with Crippen LogP contribution in [-0.2, 0) is 0 Å². The van der Waals surface area contributed by atoms with Gasteiger partial charge in [0.2, 0.25) is 0 Å². The highest BCUT2D eigenvalue weighted by Crippen LogP contribution is 2.39. The summed E-state index contributed by atoms with van der Waals surface area (Å²) in [6.07, 6.45) is 4.76. The molecular weight excluding hydrogens is 319 g/mol. The van der Waals surface area contributed by atoms with Gasteiger partial charge in [-0.05, 0) is 68.8 Å². The average Bonchev–Trinajstić information content (AvgIpc) is 2.48. The van der Waals surface area contributed by atoms with Crippen LogP contribution in [0.5, 0.6) is 0 Å². The Labute approximate surface area is 143 Å². The highest BCUT2D eigenvalue weighted by molar-refractivity contribution is 6.33. The standard InChI is InChI=1S/C17H23ClN2O.ClH/c1-13-2-3-14(15(18)12-13)16(21)20-10-6-17(7-11-20)4-8-19-9-5-17;/h2-3,12,19H,4-11H2,1H3;1H. The van der Waals surface area contributed by atoms with Crippen LogP contribution in [0.3, 0.4) is 0 Å². The maximum atomic E-state index is 12.6. The topological polar surface area (TPSA) is 32.3 Å². The van der Waals surface area contributed by atoms with Crippen LogP contribution in [0, 0.1) is 12.3 Å². The van der Waals surface area contributed by atoms with Crippen LogP contribution >= 0.6 is 24.0 Å². The third-order valence-electron chi connectivity index (χ3n) is 5.13. The van der Waals surface area contributed by atoms with E-state index in [1.165, 1.54) is 12.8 Å². The zero-order valence-corrected chi connectivity index (χ0v) is 14.6. The van der Waals surface area contributed by atoms with Gasteiger partial charge in [0, 0.05) is 13.1 Å². The summed E-state index contributed by atoms with van der Waals surface area (Å²) in [6.45, 7) is 5.96. The van der Waals surface area contributed by atoms with Gasteiger partial charge in [-0.2, -0.15) is 0 Å². The summed E-state index contributed by atoms with van der Waals surface area (Å²) in [6, 6.07) is 5.68. The van der Waals surface area contributed by atoms with Crippen LogP contribution in [0.4, 0.5) is 0 Å². The first-order valence-electron chi connectivity index (χ1n) is 7.86. The van der Waals surface area contributed by atoms with Gasteiger partial charge >= 0.3 is 0 Å². The number of likely N-dealkylation sites (tertiary alicyclic amines) is 1. The molecule has 0 unspecified atom stereocenters. The lowest BCUT2D eigenvalue weighted by molar-refractivity contribution is 0.0496. The van der Waals surface area contributed by atoms with Crippen molar-refractivity contribution in [3.8, 4) is 0 Å². The van der Waals surface area contributed by atoms with Crippen molar-refractivity contribution in [2.45, 2.75) is 32.6 Å². The quantitative estimate of drug-likeness (QED) is 0.844. The number of nitrogens with one attached hydrogen (secondary N) is 1. The van der Waals surface area contributed by atoms with Crippen LogP contribution in [0.1, 0.15) is 41.6 Å². The molecule has 2 heterocycles. The van der Waals surface area contributed by atoms with Gasteiger partial charge in [0.1, 0.15) is 0 Å². The van der Waals surface area contributed by atoms with Gasteiger partial charge < -0.3 is 10.2 Å². The number of piperidine rings is 2. The molecule has 0 radical (unpaired) electrons. The molecule has 0 bridgehead atoms. The van der Waals surface area contributed by atoms with E-state index in [2.05, 4.69) is 5.32 Å². The monoisotopic (exact) mass is 342 g/mol. The number of carbonyl (C=O) groups excluding carboxylic acids is 1. The Balaban J connectivity index is 0.00000176. The molecule has 1 aromatic rings. The first-order valence-corrected chi connectivity index (χ1v) is 8.24. The molecule has 2 aliphatic heterocycles. The highest BCUT2D eigenvalue weighted by Gasteiger charge is 2.37. The molecular formula is C17H24Cl2N2O. The molecule has 2 aliphatic rings. The Morgan fingerprint density at radius 3 is 2.41 bits per heavy atom. The van der Waals surface area contributed by atoms with E-state index >= 15 is 0 Å². The molecule has 122 valence electrons. The minimum Gasteiger partial charge on any atom is -0.339 e. The lowest BCUT2D eigenvalue weighted by Gasteiger charge is -2.44. The number of halogens is 2. The van der Waals surface area contributed by atoms with E-state index in [9.17, 15) is 4.79 Å². The molecule has 22 heavy (non-hydrogen) atoms. The fraction of sp³-hybridized carbons (Fsp3) is 0.588. The zero-order chi connectivity index (χ0) is 14.9. The largest absolute Gasteiger partial charge is 0.339 e. The van der Waals surface area contributed by atoms with Gasteiger partial charge in [0.15, 0.2) is 0 Å². The third kappa shape index (κ3) is 3.58. The van der Waals surface area contributed by atoms with Gasteiger partial charge in [-0.25, -0.2) is 0 Å². The summed E-state index contributed by atoms with van der Waals surface area (Å²) in [5.41, 5.74) is 2.20. The summed E-state index contributed by atoms with van der Waals surface area (Å²) < 4.78 is 0. The molecule has 1 aromatic carbocycles. The van der Waals surface area contributed by atoms with Crippen LogP contribution in [0.2, 0.25) is 5.02 Å². The number of amides is 1. The molecule has 1 amide bonds. The number of hydrogen-bond acceptors (Lipinski definition) is 2. The van der Waals surface area contributed by atoms with Crippen LogP contribution in [-0.4, -0.2) is 37.0 Å². The summed E-state index contributed by atoms with van der Waals surface area (Å²) in [5.74, 6) is 0.0868. The number of carbonyl (C=O) groups is 1. The second-order valence-electron chi connectivity index (χ2n) is 6.53. The Morgan fingerprint density at radius 2 is 1.82 bits per heavy atom. The molecule has 0 atom stereocenters. The Hall–Kier alpha value is -0.770. The first-order chi connectivity index (χ1) is 10.1. The molecule has 5 heteroatoms. The van der Waals surface area contributed by atoms with Crippen LogP contribution in [0.15, 0.2) is 18.2 Å². The van der Waals surface area contributed by atoms with Crippen molar-refractivity contribution >= 4 is 29.9 Å². The number of nitrogens with zero attached hydrogens (tertiary/aromatic N) is 1. The van der Waals surface area contributed by atoms with Gasteiger partial charge in [-0.3, -0.25) is 4.79 Å². The molecule has 2 fully saturated rings. The van der Waals surface area contributed by atoms with Crippen LogP contribution in [0.25, 0.3) is 0 Å². The van der Waals surface area contributed by atoms with Gasteiger partial charge in [-0.15, -0.1) is 12.4 Å². The van der Waals surface area contributed by atoms with Crippen molar-refractivity contribution in [2.75, 3.05) is 26.2 Å². The smallest absolute Gasteiger partial charge is 0.255 e. The average molecular weight is 343 g/mol. The highest BCUT2D eigenvalue weighted by atomic mass is 35.5. The lowest BCUT2D eigenvalue weighted by Crippen LogP contribution is -2.47. The molecule has 3 rings (SSSR count). The van der Waals surface area contributed by atoms with Gasteiger partial charge in [0.25, 0.3) is 5.91 Å². The fourth-order valence-corrected chi connectivity index (χ4v) is 3.92. The fourth-order valence-electron chi connectivity index (χ4n) is 3.61. The minimum atomic E-state index is 0.